The molecule has 0 radical (unpaired) electrons. The second-order valence-corrected chi connectivity index (χ2v) is 13.8. The number of piperidine rings is 2. The number of hydroxylamine groups is 2. The summed E-state index contributed by atoms with van der Waals surface area (Å²) in [6.07, 6.45) is 4.72. The number of fused-ring (bicyclic) bond motifs is 2. The summed E-state index contributed by atoms with van der Waals surface area (Å²) in [5, 5.41) is 3.75. The normalized spacial score (nSPS) is 24.9. The number of carbonyl (C=O) groups excluding carboxylic acids is 4. The van der Waals surface area contributed by atoms with E-state index in [0.717, 1.165) is 24.3 Å². The molecule has 3 heterocycles. The van der Waals surface area contributed by atoms with Gasteiger partial charge in [-0.05, 0) is 66.2 Å². The molecule has 42 heavy (non-hydrogen) atoms. The molecule has 2 bridgehead atoms. The van der Waals surface area contributed by atoms with Gasteiger partial charge in [0.15, 0.2) is 0 Å². The molecule has 1 saturated carbocycles. The molecule has 1 N–H and O–H groups in total. The zero-order valence-electron chi connectivity index (χ0n) is 25.0. The highest BCUT2D eigenvalue weighted by Crippen LogP contribution is 2.39. The lowest BCUT2D eigenvalue weighted by Crippen LogP contribution is -2.54. The summed E-state index contributed by atoms with van der Waals surface area (Å²) in [5.74, 6) is -0.823. The van der Waals surface area contributed by atoms with Gasteiger partial charge in [0.2, 0.25) is 5.91 Å². The van der Waals surface area contributed by atoms with E-state index in [1.807, 2.05) is 0 Å². The van der Waals surface area contributed by atoms with E-state index in [4.69, 9.17) is 17.9 Å². The minimum atomic E-state index is -4.68. The maximum atomic E-state index is 13.2. The fraction of sp³-hybridized carbons (Fsp3) is 0.852. The molecule has 4 aliphatic rings. The molecule has 0 unspecified atom stereocenters. The zero-order valence-corrected chi connectivity index (χ0v) is 25.8. The average molecular weight is 619 g/mol. The number of likely N-dealkylation sites (tertiary alicyclic amines) is 1. The van der Waals surface area contributed by atoms with Crippen LogP contribution in [0.15, 0.2) is 0 Å². The molecule has 4 fully saturated rings. The number of amides is 4. The maximum Gasteiger partial charge on any atom is 0.421 e. The highest BCUT2D eigenvalue weighted by Gasteiger charge is 2.50. The molecule has 14 nitrogen and oxygen atoms in total. The van der Waals surface area contributed by atoms with Crippen molar-refractivity contribution in [2.24, 2.45) is 5.41 Å². The van der Waals surface area contributed by atoms with E-state index in [9.17, 15) is 27.6 Å². The molecule has 2 atom stereocenters. The highest BCUT2D eigenvalue weighted by molar-refractivity contribution is 7.81. The Balaban J connectivity index is 0.00000506. The Morgan fingerprint density at radius 3 is 2.33 bits per heavy atom. The minimum absolute atomic E-state index is 0. The highest BCUT2D eigenvalue weighted by atomic mass is 32.3. The number of hydrogen-bond acceptors (Lipinski definition) is 10. The van der Waals surface area contributed by atoms with E-state index in [1.54, 1.807) is 32.6 Å². The molecule has 0 aromatic rings. The van der Waals surface area contributed by atoms with Gasteiger partial charge in [0.1, 0.15) is 11.6 Å². The van der Waals surface area contributed by atoms with Gasteiger partial charge in [-0.3, -0.25) is 9.59 Å². The Hall–Kier alpha value is -2.65. The van der Waals surface area contributed by atoms with Crippen LogP contribution in [0.5, 0.6) is 0 Å². The molecule has 3 aliphatic heterocycles. The SMILES string of the molecule is CCOC(=O)C1(COS(=O)(=O)ON2C(=O)N3C[C@H]2CC[C@H]3C(=O)NC2CCN(C(=O)OC(C)(C)C)CC2)CCCCC1.[HH]. The standard InChI is InChI=1S/C27H44N4O10S.H2/c1-5-38-23(33)27(13-7-6-8-14-27)18-39-42(36,37)41-31-20-9-10-21(30(17-20)24(31)34)22(32)28-19-11-15-29(16-12-19)25(35)40-26(2,3)4;/h19-21H,5-18H2,1-4H3,(H,28,32);1H/t20-,21+;/m1./s1. The molecule has 3 saturated heterocycles. The van der Waals surface area contributed by atoms with Crippen molar-refractivity contribution in [3.63, 3.8) is 0 Å². The lowest BCUT2D eigenvalue weighted by molar-refractivity contribution is -0.160. The van der Waals surface area contributed by atoms with Crippen molar-refractivity contribution in [1.82, 2.24) is 20.2 Å². The van der Waals surface area contributed by atoms with Gasteiger partial charge < -0.3 is 24.6 Å². The van der Waals surface area contributed by atoms with E-state index in [1.165, 1.54) is 4.90 Å². The third-order valence-corrected chi connectivity index (χ3v) is 9.04. The molecular weight excluding hydrogens is 572 g/mol. The lowest BCUT2D eigenvalue weighted by Gasteiger charge is -2.35. The number of nitrogens with one attached hydrogen (secondary N) is 1. The van der Waals surface area contributed by atoms with Crippen molar-refractivity contribution in [2.45, 2.75) is 109 Å². The van der Waals surface area contributed by atoms with Crippen LogP contribution < -0.4 is 5.32 Å². The first kappa shape index (κ1) is 32.3. The number of carbonyl (C=O) groups is 4. The van der Waals surface area contributed by atoms with Gasteiger partial charge in [0.25, 0.3) is 0 Å². The van der Waals surface area contributed by atoms with Crippen LogP contribution in [0.2, 0.25) is 0 Å². The van der Waals surface area contributed by atoms with Gasteiger partial charge in [-0.25, -0.2) is 13.8 Å². The number of esters is 1. The zero-order chi connectivity index (χ0) is 30.7. The monoisotopic (exact) mass is 618 g/mol. The number of ether oxygens (including phenoxy) is 2. The molecular formula is C27H46N4O10S. The van der Waals surface area contributed by atoms with Crippen LogP contribution in [0, 0.1) is 5.41 Å². The van der Waals surface area contributed by atoms with Crippen LogP contribution in [0.3, 0.4) is 0 Å². The maximum absolute atomic E-state index is 13.2. The Labute approximate surface area is 249 Å². The van der Waals surface area contributed by atoms with E-state index in [0.29, 0.717) is 51.6 Å². The Kier molecular flexibility index (Phi) is 9.93. The molecule has 4 rings (SSSR count). The number of nitrogens with zero attached hydrogens (tertiary/aromatic N) is 3. The van der Waals surface area contributed by atoms with E-state index in [-0.39, 0.29) is 32.6 Å². The summed E-state index contributed by atoms with van der Waals surface area (Å²) in [4.78, 5) is 54.2. The fourth-order valence-electron chi connectivity index (χ4n) is 6.06. The Morgan fingerprint density at radius 1 is 1.05 bits per heavy atom. The predicted molar refractivity (Wildman–Crippen MR) is 150 cm³/mol. The van der Waals surface area contributed by atoms with Crippen LogP contribution in [0.1, 0.15) is 86.9 Å². The molecule has 0 spiro atoms. The van der Waals surface area contributed by atoms with Gasteiger partial charge in [0, 0.05) is 27.1 Å². The first-order chi connectivity index (χ1) is 19.7. The third-order valence-electron chi connectivity index (χ3n) is 8.29. The number of urea groups is 1. The summed E-state index contributed by atoms with van der Waals surface area (Å²) >= 11 is 0. The van der Waals surface area contributed by atoms with Crippen LogP contribution in [0.4, 0.5) is 9.59 Å². The van der Waals surface area contributed by atoms with Crippen LogP contribution in [-0.2, 0) is 37.9 Å². The fourth-order valence-corrected chi connectivity index (χ4v) is 6.85. The second-order valence-electron chi connectivity index (χ2n) is 12.6. The summed E-state index contributed by atoms with van der Waals surface area (Å²) in [7, 11) is -4.68. The quantitative estimate of drug-likeness (QED) is 0.381. The molecule has 0 aromatic carbocycles. The third kappa shape index (κ3) is 7.64. The topological polar surface area (TPSA) is 161 Å². The summed E-state index contributed by atoms with van der Waals surface area (Å²) in [5.41, 5.74) is -1.67. The number of rotatable bonds is 9. The molecule has 0 aromatic heterocycles. The summed E-state index contributed by atoms with van der Waals surface area (Å²) < 4.78 is 46.4. The predicted octanol–water partition coefficient (Wildman–Crippen LogP) is 2.72. The summed E-state index contributed by atoms with van der Waals surface area (Å²) in [6, 6.07) is -2.24. The van der Waals surface area contributed by atoms with Crippen molar-refractivity contribution in [1.29, 1.82) is 0 Å². The molecule has 4 amide bonds. The van der Waals surface area contributed by atoms with Gasteiger partial charge in [0.05, 0.1) is 24.7 Å². The van der Waals surface area contributed by atoms with Gasteiger partial charge >= 0.3 is 28.5 Å². The van der Waals surface area contributed by atoms with Gasteiger partial charge in [-0.2, -0.15) is 13.5 Å². The average Bonchev–Trinajstić information content (AvgIpc) is 3.16. The summed E-state index contributed by atoms with van der Waals surface area (Å²) in [6.45, 7) is 7.85. The first-order valence-corrected chi connectivity index (χ1v) is 16.2. The molecule has 1 aliphatic carbocycles. The van der Waals surface area contributed by atoms with Crippen LogP contribution in [-0.4, -0.2) is 104 Å². The smallest absolute Gasteiger partial charge is 0.421 e. The Bertz CT molecular complexity index is 1130. The van der Waals surface area contributed by atoms with Crippen molar-refractivity contribution in [3.05, 3.63) is 0 Å². The largest absolute Gasteiger partial charge is 0.465 e. The van der Waals surface area contributed by atoms with Gasteiger partial charge in [-0.15, -0.1) is 4.28 Å². The van der Waals surface area contributed by atoms with E-state index >= 15 is 0 Å². The first-order valence-electron chi connectivity index (χ1n) is 14.9. The van der Waals surface area contributed by atoms with E-state index in [2.05, 4.69) is 5.32 Å². The second kappa shape index (κ2) is 12.9. The lowest BCUT2D eigenvalue weighted by atomic mass is 9.75. The number of hydrogen-bond donors (Lipinski definition) is 1. The van der Waals surface area contributed by atoms with Crippen LogP contribution in [0.25, 0.3) is 0 Å². The van der Waals surface area contributed by atoms with Crippen molar-refractivity contribution >= 4 is 34.4 Å². The van der Waals surface area contributed by atoms with E-state index < -0.39 is 52.1 Å². The molecule has 15 heteroatoms. The van der Waals surface area contributed by atoms with Gasteiger partial charge in [-0.1, -0.05) is 19.3 Å². The van der Waals surface area contributed by atoms with Crippen molar-refractivity contribution in [2.75, 3.05) is 32.8 Å². The van der Waals surface area contributed by atoms with Crippen molar-refractivity contribution < 1.29 is 47.0 Å². The van der Waals surface area contributed by atoms with Crippen molar-refractivity contribution in [3.8, 4) is 0 Å². The van der Waals surface area contributed by atoms with Crippen LogP contribution >= 0.6 is 0 Å². The molecule has 240 valence electrons. The minimum Gasteiger partial charge on any atom is -0.465 e. The Morgan fingerprint density at radius 2 is 1.71 bits per heavy atom.